The second-order valence-corrected chi connectivity index (χ2v) is 5.72. The molecule has 1 saturated carbocycles. The molecule has 2 rings (SSSR count). The number of nitrogens with zero attached hydrogens (tertiary/aromatic N) is 1. The molecule has 17 heavy (non-hydrogen) atoms. The van der Waals surface area contributed by atoms with Gasteiger partial charge in [0.05, 0.1) is 0 Å². The van der Waals surface area contributed by atoms with E-state index in [1.54, 1.807) is 0 Å². The third-order valence-electron chi connectivity index (χ3n) is 4.62. The van der Waals surface area contributed by atoms with Gasteiger partial charge in [0.1, 0.15) is 0 Å². The minimum absolute atomic E-state index is 0.742. The molecule has 0 aromatic rings. The van der Waals surface area contributed by atoms with Gasteiger partial charge in [0.25, 0.3) is 0 Å². The quantitative estimate of drug-likeness (QED) is 0.812. The number of hydrogen-bond acceptors (Lipinski definition) is 3. The van der Waals surface area contributed by atoms with Crippen LogP contribution in [-0.4, -0.2) is 50.8 Å². The van der Waals surface area contributed by atoms with Gasteiger partial charge in [0.2, 0.25) is 0 Å². The van der Waals surface area contributed by atoms with Gasteiger partial charge in [-0.2, -0.15) is 0 Å². The molecular formula is C14H28N2O. The zero-order chi connectivity index (χ0) is 12.1. The average molecular weight is 240 g/mol. The summed E-state index contributed by atoms with van der Waals surface area (Å²) in [5.41, 5.74) is 0. The Kier molecular flexibility index (Phi) is 5.26. The Morgan fingerprint density at radius 3 is 2.53 bits per heavy atom. The zero-order valence-corrected chi connectivity index (χ0v) is 11.5. The van der Waals surface area contributed by atoms with Crippen molar-refractivity contribution in [1.82, 2.24) is 10.2 Å². The second-order valence-electron chi connectivity index (χ2n) is 5.72. The van der Waals surface area contributed by atoms with Crippen LogP contribution in [-0.2, 0) is 4.74 Å². The van der Waals surface area contributed by atoms with Gasteiger partial charge in [-0.1, -0.05) is 12.8 Å². The van der Waals surface area contributed by atoms with E-state index in [9.17, 15) is 0 Å². The molecule has 2 fully saturated rings. The molecule has 2 aliphatic rings. The molecule has 0 aromatic carbocycles. The molecule has 1 aliphatic carbocycles. The first-order valence-corrected chi connectivity index (χ1v) is 7.26. The highest BCUT2D eigenvalue weighted by Gasteiger charge is 2.27. The summed E-state index contributed by atoms with van der Waals surface area (Å²) in [6.07, 6.45) is 8.02. The van der Waals surface area contributed by atoms with E-state index >= 15 is 0 Å². The van der Waals surface area contributed by atoms with Crippen LogP contribution in [0.5, 0.6) is 0 Å². The van der Waals surface area contributed by atoms with Gasteiger partial charge < -0.3 is 15.0 Å². The largest absolute Gasteiger partial charge is 0.381 e. The van der Waals surface area contributed by atoms with Crippen LogP contribution >= 0.6 is 0 Å². The van der Waals surface area contributed by atoms with Gasteiger partial charge in [-0.3, -0.25) is 0 Å². The Balaban J connectivity index is 1.81. The first-order valence-electron chi connectivity index (χ1n) is 7.26. The Morgan fingerprint density at radius 2 is 1.82 bits per heavy atom. The first kappa shape index (κ1) is 13.3. The lowest BCUT2D eigenvalue weighted by Crippen LogP contribution is -2.45. The van der Waals surface area contributed by atoms with Crippen LogP contribution in [0.25, 0.3) is 0 Å². The Hall–Kier alpha value is -0.120. The predicted octanol–water partition coefficient (Wildman–Crippen LogP) is 1.88. The van der Waals surface area contributed by atoms with Gasteiger partial charge in [-0.05, 0) is 45.7 Å². The Morgan fingerprint density at radius 1 is 1.12 bits per heavy atom. The molecular weight excluding hydrogens is 212 g/mol. The van der Waals surface area contributed by atoms with Crippen LogP contribution in [0.15, 0.2) is 0 Å². The highest BCUT2D eigenvalue weighted by molar-refractivity contribution is 4.83. The van der Waals surface area contributed by atoms with E-state index < -0.39 is 0 Å². The summed E-state index contributed by atoms with van der Waals surface area (Å²) in [6.45, 7) is 3.17. The number of ether oxygens (including phenoxy) is 1. The molecule has 1 saturated heterocycles. The lowest BCUT2D eigenvalue weighted by Gasteiger charge is -2.38. The fourth-order valence-electron chi connectivity index (χ4n) is 3.45. The van der Waals surface area contributed by atoms with Crippen LogP contribution in [0, 0.1) is 5.92 Å². The van der Waals surface area contributed by atoms with Crippen LogP contribution in [0.3, 0.4) is 0 Å². The van der Waals surface area contributed by atoms with E-state index in [-0.39, 0.29) is 0 Å². The third-order valence-corrected chi connectivity index (χ3v) is 4.62. The van der Waals surface area contributed by atoms with Crippen LogP contribution in [0.2, 0.25) is 0 Å². The Bertz CT molecular complexity index is 216. The lowest BCUT2D eigenvalue weighted by molar-refractivity contribution is 0.0339. The van der Waals surface area contributed by atoms with Crippen molar-refractivity contribution in [2.75, 3.05) is 33.9 Å². The van der Waals surface area contributed by atoms with Gasteiger partial charge in [0.15, 0.2) is 0 Å². The van der Waals surface area contributed by atoms with Crippen LogP contribution in [0.4, 0.5) is 0 Å². The second kappa shape index (κ2) is 6.72. The highest BCUT2D eigenvalue weighted by Crippen LogP contribution is 2.26. The third kappa shape index (κ3) is 3.67. The summed E-state index contributed by atoms with van der Waals surface area (Å²) in [6, 6.07) is 1.49. The predicted molar refractivity (Wildman–Crippen MR) is 71.3 cm³/mol. The fourth-order valence-corrected chi connectivity index (χ4v) is 3.45. The summed E-state index contributed by atoms with van der Waals surface area (Å²) >= 11 is 0. The molecule has 0 aromatic heterocycles. The standard InChI is InChI=1S/C14H28N2O/c1-15-14-6-4-3-5-12(14)11-16(2)13-7-9-17-10-8-13/h12-15H,3-11H2,1-2H3. The van der Waals surface area contributed by atoms with Crippen molar-refractivity contribution in [2.45, 2.75) is 50.6 Å². The summed E-state index contributed by atoms with van der Waals surface area (Å²) in [5, 5.41) is 3.51. The molecule has 3 nitrogen and oxygen atoms in total. The topological polar surface area (TPSA) is 24.5 Å². The maximum Gasteiger partial charge on any atom is 0.0480 e. The van der Waals surface area contributed by atoms with E-state index in [2.05, 4.69) is 24.3 Å². The van der Waals surface area contributed by atoms with Crippen molar-refractivity contribution in [1.29, 1.82) is 0 Å². The molecule has 2 atom stereocenters. The van der Waals surface area contributed by atoms with Crippen LogP contribution in [0.1, 0.15) is 38.5 Å². The first-order chi connectivity index (χ1) is 8.31. The van der Waals surface area contributed by atoms with Gasteiger partial charge >= 0.3 is 0 Å². The number of hydrogen-bond donors (Lipinski definition) is 1. The van der Waals surface area contributed by atoms with Crippen molar-refractivity contribution in [3.8, 4) is 0 Å². The lowest BCUT2D eigenvalue weighted by atomic mass is 9.84. The Labute approximate surface area is 106 Å². The molecule has 0 bridgehead atoms. The number of nitrogens with one attached hydrogen (secondary N) is 1. The highest BCUT2D eigenvalue weighted by atomic mass is 16.5. The molecule has 0 amide bonds. The van der Waals surface area contributed by atoms with E-state index in [0.717, 1.165) is 31.2 Å². The minimum Gasteiger partial charge on any atom is -0.381 e. The molecule has 100 valence electrons. The smallest absolute Gasteiger partial charge is 0.0480 e. The summed E-state index contributed by atoms with van der Waals surface area (Å²) < 4.78 is 5.44. The van der Waals surface area contributed by atoms with Crippen molar-refractivity contribution >= 4 is 0 Å². The molecule has 1 aliphatic heterocycles. The van der Waals surface area contributed by atoms with E-state index in [0.29, 0.717) is 0 Å². The monoisotopic (exact) mass is 240 g/mol. The normalized spacial score (nSPS) is 31.9. The minimum atomic E-state index is 0.742. The summed E-state index contributed by atoms with van der Waals surface area (Å²) in [5.74, 6) is 0.849. The number of rotatable bonds is 4. The average Bonchev–Trinajstić information content (AvgIpc) is 2.40. The van der Waals surface area contributed by atoms with Gasteiger partial charge in [0, 0.05) is 31.8 Å². The van der Waals surface area contributed by atoms with Crippen molar-refractivity contribution in [2.24, 2.45) is 5.92 Å². The van der Waals surface area contributed by atoms with E-state index in [1.165, 1.54) is 45.1 Å². The summed E-state index contributed by atoms with van der Waals surface area (Å²) in [4.78, 5) is 2.59. The fraction of sp³-hybridized carbons (Fsp3) is 1.00. The molecule has 3 heteroatoms. The van der Waals surface area contributed by atoms with Crippen LogP contribution < -0.4 is 5.32 Å². The van der Waals surface area contributed by atoms with Crippen molar-refractivity contribution in [3.63, 3.8) is 0 Å². The maximum absolute atomic E-state index is 5.44. The van der Waals surface area contributed by atoms with E-state index in [4.69, 9.17) is 4.74 Å². The van der Waals surface area contributed by atoms with Gasteiger partial charge in [-0.25, -0.2) is 0 Å². The molecule has 2 unspecified atom stereocenters. The molecule has 1 heterocycles. The molecule has 0 spiro atoms. The molecule has 1 N–H and O–H groups in total. The molecule has 0 radical (unpaired) electrons. The van der Waals surface area contributed by atoms with Crippen molar-refractivity contribution < 1.29 is 4.74 Å². The van der Waals surface area contributed by atoms with Crippen molar-refractivity contribution in [3.05, 3.63) is 0 Å². The van der Waals surface area contributed by atoms with Gasteiger partial charge in [-0.15, -0.1) is 0 Å². The zero-order valence-electron chi connectivity index (χ0n) is 11.5. The van der Waals surface area contributed by atoms with E-state index in [1.807, 2.05) is 0 Å². The SMILES string of the molecule is CNC1CCCCC1CN(C)C1CCOCC1. The summed E-state index contributed by atoms with van der Waals surface area (Å²) in [7, 11) is 4.43. The maximum atomic E-state index is 5.44.